The van der Waals surface area contributed by atoms with Crippen molar-refractivity contribution in [3.8, 4) is 17.2 Å². The van der Waals surface area contributed by atoms with Gasteiger partial charge in [0.2, 0.25) is 5.91 Å². The number of hydrogen-bond donors (Lipinski definition) is 1. The fraction of sp³-hybridized carbons (Fsp3) is 0.462. The number of methoxy groups -OCH3 is 1. The second-order valence-corrected chi connectivity index (χ2v) is 9.65. The van der Waals surface area contributed by atoms with Crippen molar-refractivity contribution in [3.63, 3.8) is 0 Å². The molecule has 0 aliphatic carbocycles. The number of Topliss-reactive ketones (excluding diaryl/α,β-unsaturated/α-hetero) is 1. The molecule has 0 fully saturated rings. The molecule has 0 spiro atoms. The Morgan fingerprint density at radius 2 is 1.72 bits per heavy atom. The lowest BCUT2D eigenvalue weighted by molar-refractivity contribution is -0.123. The van der Waals surface area contributed by atoms with E-state index in [1.807, 2.05) is 0 Å². The molecule has 1 amide bonds. The van der Waals surface area contributed by atoms with Gasteiger partial charge in [-0.2, -0.15) is 11.8 Å². The number of amides is 1. The number of ketones is 1. The van der Waals surface area contributed by atoms with Crippen LogP contribution in [0.1, 0.15) is 71.7 Å². The highest BCUT2D eigenvalue weighted by Crippen LogP contribution is 2.38. The van der Waals surface area contributed by atoms with E-state index in [1.54, 1.807) is 45.0 Å². The number of carbonyl (C=O) groups is 2. The van der Waals surface area contributed by atoms with E-state index in [-0.39, 0.29) is 46.9 Å². The molecule has 0 aliphatic rings. The SMILES string of the molecule is [2H]C([2H])([2H])C(SCc1cc(NC(=O)C(C)(C)C)ccc1Oc1cc(CC(C)=O)ccc1OC)(C([2H])([2H])[2H])C([2H])([2H])[2H]. The fourth-order valence-electron chi connectivity index (χ4n) is 2.69. The first kappa shape index (κ1) is 15.4. The molecule has 6 heteroatoms. The highest BCUT2D eigenvalue weighted by Gasteiger charge is 2.22. The molecule has 0 saturated carbocycles. The molecule has 174 valence electrons. The smallest absolute Gasteiger partial charge is 0.229 e. The standard InChI is InChI=1S/C26H35NO4S/c1-17(28)13-18-9-11-22(30-8)23(14-18)31-21-12-10-20(27-24(29)25(2,3)4)15-19(21)16-32-26(5,6)7/h9-12,14-15H,13,16H2,1-8H3,(H,27,29)/i5D3,6D3,7D3. The van der Waals surface area contributed by atoms with Crippen LogP contribution in [0.25, 0.3) is 0 Å². The Balaban J connectivity index is 2.67. The predicted molar refractivity (Wildman–Crippen MR) is 133 cm³/mol. The second-order valence-electron chi connectivity index (χ2n) is 8.46. The van der Waals surface area contributed by atoms with Crippen molar-refractivity contribution >= 4 is 29.1 Å². The van der Waals surface area contributed by atoms with Crippen LogP contribution in [0.2, 0.25) is 0 Å². The first-order chi connectivity index (χ1) is 18.5. The summed E-state index contributed by atoms with van der Waals surface area (Å²) >= 11 is 0.266. The molecule has 2 rings (SSSR count). The van der Waals surface area contributed by atoms with E-state index in [0.29, 0.717) is 17.0 Å². The maximum atomic E-state index is 12.6. The summed E-state index contributed by atoms with van der Waals surface area (Å²) in [5, 5.41) is 2.76. The molecule has 2 aromatic carbocycles. The molecule has 2 aromatic rings. The third-order valence-corrected chi connectivity index (χ3v) is 5.23. The lowest BCUT2D eigenvalue weighted by Crippen LogP contribution is -2.27. The average molecular weight is 467 g/mol. The van der Waals surface area contributed by atoms with Crippen molar-refractivity contribution in [2.24, 2.45) is 5.41 Å². The molecule has 0 radical (unpaired) electrons. The van der Waals surface area contributed by atoms with Gasteiger partial charge in [0, 0.05) is 45.9 Å². The van der Waals surface area contributed by atoms with Crippen LogP contribution >= 0.6 is 11.8 Å². The summed E-state index contributed by atoms with van der Waals surface area (Å²) in [6.07, 6.45) is 0.138. The van der Waals surface area contributed by atoms with Gasteiger partial charge in [-0.3, -0.25) is 9.59 Å². The van der Waals surface area contributed by atoms with Gasteiger partial charge in [-0.1, -0.05) is 47.4 Å². The minimum absolute atomic E-state index is 0.0764. The maximum Gasteiger partial charge on any atom is 0.229 e. The third-order valence-electron chi connectivity index (χ3n) is 4.34. The van der Waals surface area contributed by atoms with Crippen LogP contribution in [0.4, 0.5) is 5.69 Å². The number of carbonyl (C=O) groups excluding carboxylic acids is 2. The summed E-state index contributed by atoms with van der Waals surface area (Å²) in [7, 11) is 1.42. The summed E-state index contributed by atoms with van der Waals surface area (Å²) in [5.41, 5.74) is 0.438. The highest BCUT2D eigenvalue weighted by atomic mass is 32.2. The summed E-state index contributed by atoms with van der Waals surface area (Å²) < 4.78 is 79.9. The maximum absolute atomic E-state index is 12.6. The molecule has 32 heavy (non-hydrogen) atoms. The minimum Gasteiger partial charge on any atom is -0.493 e. The number of hydrogen-bond acceptors (Lipinski definition) is 5. The average Bonchev–Trinajstić information content (AvgIpc) is 2.77. The van der Waals surface area contributed by atoms with Gasteiger partial charge in [0.05, 0.1) is 7.11 Å². The van der Waals surface area contributed by atoms with E-state index in [9.17, 15) is 9.59 Å². The molecule has 0 aliphatic heterocycles. The van der Waals surface area contributed by atoms with Crippen LogP contribution in [-0.4, -0.2) is 23.5 Å². The van der Waals surface area contributed by atoms with Gasteiger partial charge in [0.15, 0.2) is 11.5 Å². The van der Waals surface area contributed by atoms with Crippen LogP contribution in [0, 0.1) is 5.41 Å². The quantitative estimate of drug-likeness (QED) is 0.473. The van der Waals surface area contributed by atoms with E-state index in [2.05, 4.69) is 5.32 Å². The zero-order chi connectivity index (χ0) is 31.6. The summed E-state index contributed by atoms with van der Waals surface area (Å²) in [5.74, 6) is -0.114. The van der Waals surface area contributed by atoms with Crippen molar-refractivity contribution < 1.29 is 31.4 Å². The molecule has 0 heterocycles. The zero-order valence-electron chi connectivity index (χ0n) is 27.9. The van der Waals surface area contributed by atoms with E-state index >= 15 is 0 Å². The molecule has 0 aromatic heterocycles. The third kappa shape index (κ3) is 7.90. The normalized spacial score (nSPS) is 17.1. The molecule has 1 N–H and O–H groups in total. The van der Waals surface area contributed by atoms with E-state index in [4.69, 9.17) is 21.8 Å². The van der Waals surface area contributed by atoms with Gasteiger partial charge < -0.3 is 14.8 Å². The summed E-state index contributed by atoms with van der Waals surface area (Å²) in [6, 6.07) is 9.43. The Bertz CT molecular complexity index is 1230. The van der Waals surface area contributed by atoms with Gasteiger partial charge in [0.25, 0.3) is 0 Å². The van der Waals surface area contributed by atoms with Crippen molar-refractivity contribution in [1.82, 2.24) is 0 Å². The largest absolute Gasteiger partial charge is 0.493 e. The number of rotatable bonds is 8. The lowest BCUT2D eigenvalue weighted by Gasteiger charge is -2.21. The fourth-order valence-corrected chi connectivity index (χ4v) is 3.29. The van der Waals surface area contributed by atoms with Crippen molar-refractivity contribution in [3.05, 3.63) is 47.5 Å². The Morgan fingerprint density at radius 3 is 2.31 bits per heavy atom. The van der Waals surface area contributed by atoms with E-state index in [0.717, 1.165) is 0 Å². The number of anilines is 1. The van der Waals surface area contributed by atoms with Crippen molar-refractivity contribution in [2.75, 3.05) is 12.4 Å². The Morgan fingerprint density at radius 1 is 1.03 bits per heavy atom. The van der Waals surface area contributed by atoms with Gasteiger partial charge in [-0.25, -0.2) is 0 Å². The first-order valence-electron chi connectivity index (χ1n) is 14.5. The first-order valence-corrected chi connectivity index (χ1v) is 10.9. The molecule has 0 atom stereocenters. The molecular weight excluding hydrogens is 422 g/mol. The number of benzene rings is 2. The topological polar surface area (TPSA) is 64.6 Å². The van der Waals surface area contributed by atoms with Crippen LogP contribution in [-0.2, 0) is 21.8 Å². The summed E-state index contributed by atoms with van der Waals surface area (Å²) in [4.78, 5) is 24.3. The Hall–Kier alpha value is -2.47. The second kappa shape index (κ2) is 10.4. The van der Waals surface area contributed by atoms with Crippen molar-refractivity contribution in [2.45, 2.75) is 65.2 Å². The van der Waals surface area contributed by atoms with Gasteiger partial charge in [0.1, 0.15) is 11.5 Å². The highest BCUT2D eigenvalue weighted by molar-refractivity contribution is 7.99. The van der Waals surface area contributed by atoms with Gasteiger partial charge in [-0.15, -0.1) is 0 Å². The number of thioether (sulfide) groups is 1. The predicted octanol–water partition coefficient (Wildman–Crippen LogP) is 6.64. The van der Waals surface area contributed by atoms with Gasteiger partial charge in [-0.05, 0) is 42.8 Å². The molecule has 0 unspecified atom stereocenters. The van der Waals surface area contributed by atoms with Crippen LogP contribution in [0.3, 0.4) is 0 Å². The molecular formula is C26H35NO4S. The summed E-state index contributed by atoms with van der Waals surface area (Å²) in [6.45, 7) is -3.58. The molecule has 5 nitrogen and oxygen atoms in total. The van der Waals surface area contributed by atoms with Crippen LogP contribution in [0.15, 0.2) is 36.4 Å². The molecule has 0 saturated heterocycles. The zero-order valence-corrected chi connectivity index (χ0v) is 19.7. The van der Waals surface area contributed by atoms with Gasteiger partial charge >= 0.3 is 0 Å². The monoisotopic (exact) mass is 466 g/mol. The lowest BCUT2D eigenvalue weighted by atomic mass is 9.95. The molecule has 0 bridgehead atoms. The minimum atomic E-state index is -3.39. The Kier molecular flexibility index (Phi) is 5.01. The van der Waals surface area contributed by atoms with Crippen LogP contribution in [0.5, 0.6) is 17.2 Å². The number of nitrogens with one attached hydrogen (secondary N) is 1. The van der Waals surface area contributed by atoms with Crippen molar-refractivity contribution in [1.29, 1.82) is 0 Å². The van der Waals surface area contributed by atoms with Crippen LogP contribution < -0.4 is 14.8 Å². The Labute approximate surface area is 208 Å². The van der Waals surface area contributed by atoms with E-state index < -0.39 is 36.5 Å². The number of ether oxygens (including phenoxy) is 2. The van der Waals surface area contributed by atoms with E-state index in [1.165, 1.54) is 26.2 Å².